The molecule has 0 atom stereocenters. The summed E-state index contributed by atoms with van der Waals surface area (Å²) in [5.74, 6) is 0.106. The zero-order valence-electron chi connectivity index (χ0n) is 11.4. The summed E-state index contributed by atoms with van der Waals surface area (Å²) in [5, 5.41) is 4.55. The van der Waals surface area contributed by atoms with Crippen molar-refractivity contribution in [2.24, 2.45) is 0 Å². The molecule has 0 N–H and O–H groups in total. The summed E-state index contributed by atoms with van der Waals surface area (Å²) in [6.07, 6.45) is 2.20. The Morgan fingerprint density at radius 1 is 1.45 bits per heavy atom. The lowest BCUT2D eigenvalue weighted by atomic mass is 10.1. The van der Waals surface area contributed by atoms with Gasteiger partial charge in [0.2, 0.25) is 0 Å². The van der Waals surface area contributed by atoms with Crippen LogP contribution in [-0.2, 0) is 4.74 Å². The van der Waals surface area contributed by atoms with E-state index in [2.05, 4.69) is 21.0 Å². The summed E-state index contributed by atoms with van der Waals surface area (Å²) in [4.78, 5) is 12.0. The number of benzene rings is 1. The van der Waals surface area contributed by atoms with Gasteiger partial charge >= 0.3 is 5.97 Å². The number of hydrogen-bond acceptors (Lipinski definition) is 3. The molecule has 0 amide bonds. The number of carbonyl (C=O) groups excluding carboxylic acids is 1. The second kappa shape index (κ2) is 5.05. The first-order valence-electron chi connectivity index (χ1n) is 6.55. The van der Waals surface area contributed by atoms with E-state index in [4.69, 9.17) is 4.74 Å². The van der Waals surface area contributed by atoms with E-state index in [0.717, 1.165) is 34.4 Å². The van der Waals surface area contributed by atoms with E-state index in [1.807, 2.05) is 35.9 Å². The van der Waals surface area contributed by atoms with Gasteiger partial charge in [0.05, 0.1) is 24.2 Å². The molecule has 1 aliphatic rings. The standard InChI is InChI=1S/C15H15BrN2O2/c1-9-13(15(19)20-2)14(10-6-7-10)18(17-9)12-5-3-4-11(16)8-12/h3-5,8,10H,6-7H2,1-2H3. The number of ether oxygens (including phenoxy) is 1. The Morgan fingerprint density at radius 2 is 2.20 bits per heavy atom. The Labute approximate surface area is 125 Å². The molecule has 3 rings (SSSR count). The Kier molecular flexibility index (Phi) is 3.38. The average molecular weight is 335 g/mol. The van der Waals surface area contributed by atoms with Crippen molar-refractivity contribution >= 4 is 21.9 Å². The van der Waals surface area contributed by atoms with Gasteiger partial charge in [-0.3, -0.25) is 0 Å². The number of aromatic nitrogens is 2. The number of esters is 1. The van der Waals surface area contributed by atoms with E-state index < -0.39 is 0 Å². The molecule has 0 bridgehead atoms. The van der Waals surface area contributed by atoms with Gasteiger partial charge in [0, 0.05) is 10.4 Å². The van der Waals surface area contributed by atoms with Gasteiger partial charge in [-0.15, -0.1) is 0 Å². The van der Waals surface area contributed by atoms with E-state index in [1.54, 1.807) is 0 Å². The van der Waals surface area contributed by atoms with Crippen LogP contribution in [0, 0.1) is 6.92 Å². The smallest absolute Gasteiger partial charge is 0.341 e. The molecule has 1 heterocycles. The number of aryl methyl sites for hydroxylation is 1. The zero-order valence-corrected chi connectivity index (χ0v) is 13.0. The Morgan fingerprint density at radius 3 is 2.80 bits per heavy atom. The summed E-state index contributed by atoms with van der Waals surface area (Å²) in [7, 11) is 1.41. The number of carbonyl (C=O) groups is 1. The van der Waals surface area contributed by atoms with Gasteiger partial charge in [0.25, 0.3) is 0 Å². The molecule has 1 aliphatic carbocycles. The van der Waals surface area contributed by atoms with Gasteiger partial charge in [-0.05, 0) is 38.0 Å². The highest BCUT2D eigenvalue weighted by Crippen LogP contribution is 2.43. The topological polar surface area (TPSA) is 44.1 Å². The number of hydrogen-bond donors (Lipinski definition) is 0. The summed E-state index contributed by atoms with van der Waals surface area (Å²) < 4.78 is 7.78. The lowest BCUT2D eigenvalue weighted by Gasteiger charge is -2.08. The van der Waals surface area contributed by atoms with E-state index in [0.29, 0.717) is 11.5 Å². The molecule has 4 nitrogen and oxygen atoms in total. The molecule has 20 heavy (non-hydrogen) atoms. The van der Waals surface area contributed by atoms with Crippen LogP contribution in [-0.4, -0.2) is 22.9 Å². The minimum absolute atomic E-state index is 0.300. The van der Waals surface area contributed by atoms with Crippen molar-refractivity contribution in [1.82, 2.24) is 9.78 Å². The third-order valence-electron chi connectivity index (χ3n) is 3.50. The third kappa shape index (κ3) is 2.26. The maximum Gasteiger partial charge on any atom is 0.341 e. The fraction of sp³-hybridized carbons (Fsp3) is 0.333. The molecule has 0 aliphatic heterocycles. The van der Waals surface area contributed by atoms with Crippen LogP contribution in [0.25, 0.3) is 5.69 Å². The van der Waals surface area contributed by atoms with Crippen LogP contribution in [0.2, 0.25) is 0 Å². The average Bonchev–Trinajstić information content (AvgIpc) is 3.21. The summed E-state index contributed by atoms with van der Waals surface area (Å²) in [6, 6.07) is 7.92. The molecule has 2 aromatic rings. The fourth-order valence-corrected chi connectivity index (χ4v) is 2.83. The molecule has 0 unspecified atom stereocenters. The maximum atomic E-state index is 12.0. The van der Waals surface area contributed by atoms with Crippen LogP contribution in [0.4, 0.5) is 0 Å². The molecule has 5 heteroatoms. The van der Waals surface area contributed by atoms with Crippen molar-refractivity contribution in [2.75, 3.05) is 7.11 Å². The number of rotatable bonds is 3. The van der Waals surface area contributed by atoms with Crippen LogP contribution >= 0.6 is 15.9 Å². The van der Waals surface area contributed by atoms with Crippen LogP contribution in [0.5, 0.6) is 0 Å². The van der Waals surface area contributed by atoms with Crippen molar-refractivity contribution < 1.29 is 9.53 Å². The first-order valence-corrected chi connectivity index (χ1v) is 7.35. The summed E-state index contributed by atoms with van der Waals surface area (Å²) in [5.41, 5.74) is 3.28. The van der Waals surface area contributed by atoms with E-state index >= 15 is 0 Å². The van der Waals surface area contributed by atoms with Gasteiger partial charge in [-0.1, -0.05) is 22.0 Å². The Bertz CT molecular complexity index is 675. The lowest BCUT2D eigenvalue weighted by molar-refractivity contribution is 0.0598. The van der Waals surface area contributed by atoms with Gasteiger partial charge in [-0.25, -0.2) is 9.48 Å². The first-order chi connectivity index (χ1) is 9.61. The van der Waals surface area contributed by atoms with Crippen molar-refractivity contribution in [3.8, 4) is 5.69 Å². The SMILES string of the molecule is COC(=O)c1c(C)nn(-c2cccc(Br)c2)c1C1CC1. The van der Waals surface area contributed by atoms with Crippen molar-refractivity contribution in [3.05, 3.63) is 45.7 Å². The van der Waals surface area contributed by atoms with Crippen molar-refractivity contribution in [3.63, 3.8) is 0 Å². The molecule has 1 aromatic carbocycles. The van der Waals surface area contributed by atoms with Gasteiger partial charge < -0.3 is 4.74 Å². The highest BCUT2D eigenvalue weighted by Gasteiger charge is 2.34. The van der Waals surface area contributed by atoms with Gasteiger partial charge in [0.15, 0.2) is 0 Å². The predicted octanol–water partition coefficient (Wildman–Crippen LogP) is 3.61. The molecule has 1 fully saturated rings. The van der Waals surface area contributed by atoms with Crippen LogP contribution in [0.15, 0.2) is 28.7 Å². The molecule has 0 saturated heterocycles. The molecular formula is C15H15BrN2O2. The number of halogens is 1. The molecule has 1 saturated carbocycles. The van der Waals surface area contributed by atoms with Crippen molar-refractivity contribution in [2.45, 2.75) is 25.7 Å². The third-order valence-corrected chi connectivity index (χ3v) is 4.00. The van der Waals surface area contributed by atoms with Gasteiger partial charge in [-0.2, -0.15) is 5.10 Å². The zero-order chi connectivity index (χ0) is 14.3. The second-order valence-electron chi connectivity index (χ2n) is 5.00. The molecule has 104 valence electrons. The van der Waals surface area contributed by atoms with E-state index in [-0.39, 0.29) is 5.97 Å². The highest BCUT2D eigenvalue weighted by molar-refractivity contribution is 9.10. The minimum Gasteiger partial charge on any atom is -0.465 e. The Hall–Kier alpha value is -1.62. The quantitative estimate of drug-likeness (QED) is 0.805. The second-order valence-corrected chi connectivity index (χ2v) is 5.92. The van der Waals surface area contributed by atoms with Crippen LogP contribution in [0.3, 0.4) is 0 Å². The monoisotopic (exact) mass is 334 g/mol. The first kappa shape index (κ1) is 13.4. The molecular weight excluding hydrogens is 320 g/mol. The highest BCUT2D eigenvalue weighted by atomic mass is 79.9. The van der Waals surface area contributed by atoms with Gasteiger partial charge in [0.1, 0.15) is 5.56 Å². The minimum atomic E-state index is -0.300. The summed E-state index contributed by atoms with van der Waals surface area (Å²) >= 11 is 3.47. The fourth-order valence-electron chi connectivity index (χ4n) is 2.44. The van der Waals surface area contributed by atoms with E-state index in [9.17, 15) is 4.79 Å². The maximum absolute atomic E-state index is 12.0. The summed E-state index contributed by atoms with van der Waals surface area (Å²) in [6.45, 7) is 1.85. The van der Waals surface area contributed by atoms with Crippen LogP contribution in [0.1, 0.15) is 40.5 Å². The Balaban J connectivity index is 2.19. The normalized spacial score (nSPS) is 14.3. The molecule has 1 aromatic heterocycles. The largest absolute Gasteiger partial charge is 0.465 e. The molecule has 0 radical (unpaired) electrons. The number of nitrogens with zero attached hydrogens (tertiary/aromatic N) is 2. The predicted molar refractivity (Wildman–Crippen MR) is 79.3 cm³/mol. The van der Waals surface area contributed by atoms with Crippen LogP contribution < -0.4 is 0 Å². The molecule has 0 spiro atoms. The number of methoxy groups -OCH3 is 1. The lowest BCUT2D eigenvalue weighted by Crippen LogP contribution is -2.07. The van der Waals surface area contributed by atoms with E-state index in [1.165, 1.54) is 7.11 Å². The van der Waals surface area contributed by atoms with Crippen molar-refractivity contribution in [1.29, 1.82) is 0 Å².